The van der Waals surface area contributed by atoms with E-state index in [4.69, 9.17) is 10.5 Å². The van der Waals surface area contributed by atoms with Gasteiger partial charge in [-0.15, -0.1) is 0 Å². The number of anilines is 1. The van der Waals surface area contributed by atoms with Gasteiger partial charge in [-0.05, 0) is 37.5 Å². The Morgan fingerprint density at radius 1 is 1.15 bits per heavy atom. The summed E-state index contributed by atoms with van der Waals surface area (Å²) in [5.41, 5.74) is 7.84. The molecule has 1 saturated heterocycles. The maximum Gasteiger partial charge on any atom is 0.246 e. The molecule has 1 fully saturated rings. The van der Waals surface area contributed by atoms with Gasteiger partial charge in [0.1, 0.15) is 11.8 Å². The Morgan fingerprint density at radius 3 is 2.50 bits per heavy atom. The van der Waals surface area contributed by atoms with Crippen LogP contribution in [0, 0.1) is 0 Å². The summed E-state index contributed by atoms with van der Waals surface area (Å²) in [6, 6.07) is 17.0. The lowest BCUT2D eigenvalue weighted by Gasteiger charge is -2.40. The topological polar surface area (TPSA) is 67.6 Å². The number of benzene rings is 2. The molecule has 1 amide bonds. The first-order chi connectivity index (χ1) is 12.5. The molecule has 1 aliphatic rings. The quantitative estimate of drug-likeness (QED) is 0.866. The summed E-state index contributed by atoms with van der Waals surface area (Å²) in [7, 11) is 1.62. The Labute approximate surface area is 155 Å². The number of rotatable bonds is 5. The predicted octanol–water partition coefficient (Wildman–Crippen LogP) is 3.19. The van der Waals surface area contributed by atoms with E-state index in [1.54, 1.807) is 7.11 Å². The van der Waals surface area contributed by atoms with Gasteiger partial charge in [-0.3, -0.25) is 9.69 Å². The number of nitrogens with zero attached hydrogens (tertiary/aromatic N) is 1. The lowest BCUT2D eigenvalue weighted by Crippen LogP contribution is -2.50. The van der Waals surface area contributed by atoms with Gasteiger partial charge in [-0.25, -0.2) is 0 Å². The molecule has 0 saturated carbocycles. The molecule has 5 heteroatoms. The Bertz CT molecular complexity index is 736. The first kappa shape index (κ1) is 18.4. The molecule has 0 radical (unpaired) electrons. The van der Waals surface area contributed by atoms with Gasteiger partial charge in [-0.2, -0.15) is 0 Å². The van der Waals surface area contributed by atoms with Gasteiger partial charge in [0.25, 0.3) is 0 Å². The van der Waals surface area contributed by atoms with Crippen LogP contribution in [-0.4, -0.2) is 36.5 Å². The minimum atomic E-state index is -0.335. The van der Waals surface area contributed by atoms with Crippen molar-refractivity contribution in [3.05, 3.63) is 60.2 Å². The second kappa shape index (κ2) is 7.89. The average molecular weight is 353 g/mol. The summed E-state index contributed by atoms with van der Waals surface area (Å²) in [5, 5.41) is 3.04. The van der Waals surface area contributed by atoms with Crippen molar-refractivity contribution < 1.29 is 9.53 Å². The molecule has 1 heterocycles. The molecule has 1 unspecified atom stereocenters. The predicted molar refractivity (Wildman–Crippen MR) is 104 cm³/mol. The average Bonchev–Trinajstić information content (AvgIpc) is 2.64. The SMILES string of the molecule is COc1cccc(NC(=O)C(c2ccccc2)N2CCC(C)(N)CC2)c1. The van der Waals surface area contributed by atoms with Gasteiger partial charge < -0.3 is 15.8 Å². The molecule has 0 aliphatic carbocycles. The van der Waals surface area contributed by atoms with Gasteiger partial charge in [0.05, 0.1) is 7.11 Å². The van der Waals surface area contributed by atoms with Crippen LogP contribution in [0.5, 0.6) is 5.75 Å². The van der Waals surface area contributed by atoms with E-state index in [2.05, 4.69) is 17.1 Å². The van der Waals surface area contributed by atoms with Crippen LogP contribution < -0.4 is 15.8 Å². The molecule has 3 N–H and O–H groups in total. The minimum Gasteiger partial charge on any atom is -0.497 e. The van der Waals surface area contributed by atoms with E-state index < -0.39 is 0 Å². The largest absolute Gasteiger partial charge is 0.497 e. The highest BCUT2D eigenvalue weighted by molar-refractivity contribution is 5.95. The molecule has 2 aromatic rings. The third kappa shape index (κ3) is 4.42. The maximum atomic E-state index is 13.1. The Morgan fingerprint density at radius 2 is 1.85 bits per heavy atom. The number of nitrogens with one attached hydrogen (secondary N) is 1. The van der Waals surface area contributed by atoms with Crippen molar-refractivity contribution in [1.82, 2.24) is 4.90 Å². The van der Waals surface area contributed by atoms with E-state index in [1.165, 1.54) is 0 Å². The lowest BCUT2D eigenvalue weighted by molar-refractivity contribution is -0.122. The van der Waals surface area contributed by atoms with Crippen molar-refractivity contribution in [2.45, 2.75) is 31.3 Å². The van der Waals surface area contributed by atoms with Crippen LogP contribution in [0.2, 0.25) is 0 Å². The van der Waals surface area contributed by atoms with Crippen molar-refractivity contribution in [2.24, 2.45) is 5.73 Å². The van der Waals surface area contributed by atoms with E-state index in [-0.39, 0.29) is 17.5 Å². The molecule has 26 heavy (non-hydrogen) atoms. The van der Waals surface area contributed by atoms with Crippen molar-refractivity contribution in [2.75, 3.05) is 25.5 Å². The zero-order valence-electron chi connectivity index (χ0n) is 15.4. The molecule has 1 aliphatic heterocycles. The molecule has 0 spiro atoms. The molecule has 2 aromatic carbocycles. The molecule has 0 aromatic heterocycles. The van der Waals surface area contributed by atoms with Crippen molar-refractivity contribution in [1.29, 1.82) is 0 Å². The number of amides is 1. The van der Waals surface area contributed by atoms with Gasteiger partial charge in [-0.1, -0.05) is 36.4 Å². The van der Waals surface area contributed by atoms with Crippen LogP contribution in [0.15, 0.2) is 54.6 Å². The van der Waals surface area contributed by atoms with E-state index >= 15 is 0 Å². The van der Waals surface area contributed by atoms with Crippen LogP contribution >= 0.6 is 0 Å². The summed E-state index contributed by atoms with van der Waals surface area (Å²) in [5.74, 6) is 0.681. The van der Waals surface area contributed by atoms with Crippen LogP contribution in [0.1, 0.15) is 31.4 Å². The van der Waals surface area contributed by atoms with Crippen molar-refractivity contribution >= 4 is 11.6 Å². The van der Waals surface area contributed by atoms with Gasteiger partial charge in [0, 0.05) is 30.4 Å². The van der Waals surface area contributed by atoms with Crippen molar-refractivity contribution in [3.63, 3.8) is 0 Å². The maximum absolute atomic E-state index is 13.1. The lowest BCUT2D eigenvalue weighted by atomic mass is 9.89. The Hall–Kier alpha value is -2.37. The first-order valence-corrected chi connectivity index (χ1v) is 9.01. The van der Waals surface area contributed by atoms with E-state index in [9.17, 15) is 4.79 Å². The second-order valence-electron chi connectivity index (χ2n) is 7.22. The number of nitrogens with two attached hydrogens (primary N) is 1. The zero-order valence-corrected chi connectivity index (χ0v) is 15.4. The van der Waals surface area contributed by atoms with Gasteiger partial charge in [0.2, 0.25) is 5.91 Å². The monoisotopic (exact) mass is 353 g/mol. The Balaban J connectivity index is 1.82. The fraction of sp³-hybridized carbons (Fsp3) is 0.381. The zero-order chi connectivity index (χ0) is 18.6. The van der Waals surface area contributed by atoms with Gasteiger partial charge in [0.15, 0.2) is 0 Å². The van der Waals surface area contributed by atoms with Crippen LogP contribution in [0.25, 0.3) is 0 Å². The number of methoxy groups -OCH3 is 1. The molecule has 3 rings (SSSR count). The molecular formula is C21H27N3O2. The smallest absolute Gasteiger partial charge is 0.246 e. The van der Waals surface area contributed by atoms with Crippen molar-refractivity contribution in [3.8, 4) is 5.75 Å². The van der Waals surface area contributed by atoms with E-state index in [0.29, 0.717) is 0 Å². The molecular weight excluding hydrogens is 326 g/mol. The van der Waals surface area contributed by atoms with Crippen LogP contribution in [0.3, 0.4) is 0 Å². The van der Waals surface area contributed by atoms with E-state index in [1.807, 2.05) is 54.6 Å². The molecule has 1 atom stereocenters. The fourth-order valence-electron chi connectivity index (χ4n) is 3.37. The minimum absolute atomic E-state index is 0.0370. The second-order valence-corrected chi connectivity index (χ2v) is 7.22. The number of likely N-dealkylation sites (tertiary alicyclic amines) is 1. The third-order valence-electron chi connectivity index (χ3n) is 5.01. The standard InChI is InChI=1S/C21H27N3O2/c1-21(22)11-13-24(14-12-21)19(16-7-4-3-5-8-16)20(25)23-17-9-6-10-18(15-17)26-2/h3-10,15,19H,11-14,22H2,1-2H3,(H,23,25). The summed E-state index contributed by atoms with van der Waals surface area (Å²) in [6.45, 7) is 3.69. The molecule has 0 bridgehead atoms. The van der Waals surface area contributed by atoms with Crippen LogP contribution in [-0.2, 0) is 4.79 Å². The highest BCUT2D eigenvalue weighted by atomic mass is 16.5. The highest BCUT2D eigenvalue weighted by Gasteiger charge is 2.33. The number of hydrogen-bond acceptors (Lipinski definition) is 4. The normalized spacial score (nSPS) is 18.1. The summed E-state index contributed by atoms with van der Waals surface area (Å²) >= 11 is 0. The van der Waals surface area contributed by atoms with E-state index in [0.717, 1.165) is 42.9 Å². The highest BCUT2D eigenvalue weighted by Crippen LogP contribution is 2.29. The molecule has 5 nitrogen and oxygen atoms in total. The number of carbonyl (C=O) groups excluding carboxylic acids is 1. The Kier molecular flexibility index (Phi) is 5.59. The number of ether oxygens (including phenoxy) is 1. The summed E-state index contributed by atoms with van der Waals surface area (Å²) in [6.07, 6.45) is 1.76. The van der Waals surface area contributed by atoms with Gasteiger partial charge >= 0.3 is 0 Å². The molecule has 138 valence electrons. The third-order valence-corrected chi connectivity index (χ3v) is 5.01. The first-order valence-electron chi connectivity index (χ1n) is 9.01. The van der Waals surface area contributed by atoms with Crippen LogP contribution in [0.4, 0.5) is 5.69 Å². The summed E-state index contributed by atoms with van der Waals surface area (Å²) < 4.78 is 5.25. The number of piperidine rings is 1. The summed E-state index contributed by atoms with van der Waals surface area (Å²) in [4.78, 5) is 15.4. The number of carbonyl (C=O) groups is 1. The fourth-order valence-corrected chi connectivity index (χ4v) is 3.37. The number of hydrogen-bond donors (Lipinski definition) is 2.